The highest BCUT2D eigenvalue weighted by molar-refractivity contribution is 7.13. The fourth-order valence-corrected chi connectivity index (χ4v) is 3.65. The van der Waals surface area contributed by atoms with Crippen molar-refractivity contribution in [3.8, 4) is 5.75 Å². The van der Waals surface area contributed by atoms with Crippen molar-refractivity contribution in [2.75, 3.05) is 5.32 Å². The molecule has 0 spiro atoms. The molecule has 0 amide bonds. The normalized spacial score (nSPS) is 12.4. The molecule has 5 heteroatoms. The van der Waals surface area contributed by atoms with Crippen molar-refractivity contribution in [3.05, 3.63) is 76.9 Å². The van der Waals surface area contributed by atoms with Gasteiger partial charge in [-0.05, 0) is 19.1 Å². The maximum Gasteiger partial charge on any atom is 0.183 e. The van der Waals surface area contributed by atoms with Crippen LogP contribution in [-0.2, 0) is 0 Å². The minimum absolute atomic E-state index is 0.187. The molecule has 2 heterocycles. The van der Waals surface area contributed by atoms with Gasteiger partial charge in [0, 0.05) is 33.6 Å². The van der Waals surface area contributed by atoms with E-state index in [-0.39, 0.29) is 11.8 Å². The summed E-state index contributed by atoms with van der Waals surface area (Å²) < 4.78 is 0. The number of rotatable bonds is 4. The molecule has 0 saturated carbocycles. The predicted molar refractivity (Wildman–Crippen MR) is 98.7 cm³/mol. The Morgan fingerprint density at radius 2 is 1.88 bits per heavy atom. The van der Waals surface area contributed by atoms with Crippen molar-refractivity contribution in [3.63, 3.8) is 0 Å². The fourth-order valence-electron chi connectivity index (χ4n) is 2.93. The molecular weight excluding hydrogens is 318 g/mol. The molecule has 4 nitrogen and oxygen atoms in total. The first-order chi connectivity index (χ1) is 11.7. The van der Waals surface area contributed by atoms with E-state index in [0.29, 0.717) is 0 Å². The van der Waals surface area contributed by atoms with Crippen LogP contribution in [0.25, 0.3) is 10.9 Å². The first kappa shape index (κ1) is 14.8. The Morgan fingerprint density at radius 1 is 1.08 bits per heavy atom. The number of anilines is 1. The number of H-pyrrole nitrogens is 1. The highest BCUT2D eigenvalue weighted by atomic mass is 32.1. The van der Waals surface area contributed by atoms with E-state index < -0.39 is 0 Å². The average molecular weight is 335 g/mol. The summed E-state index contributed by atoms with van der Waals surface area (Å²) in [6, 6.07) is 15.4. The summed E-state index contributed by atoms with van der Waals surface area (Å²) in [4.78, 5) is 7.82. The Bertz CT molecular complexity index is 989. The summed E-state index contributed by atoms with van der Waals surface area (Å²) in [6.45, 7) is 1.97. The number of aromatic amines is 1. The summed E-state index contributed by atoms with van der Waals surface area (Å²) >= 11 is 1.57. The molecule has 0 radical (unpaired) electrons. The second kappa shape index (κ2) is 6.02. The van der Waals surface area contributed by atoms with Gasteiger partial charge in [-0.15, -0.1) is 11.3 Å². The van der Waals surface area contributed by atoms with Gasteiger partial charge in [-0.2, -0.15) is 0 Å². The number of fused-ring (bicyclic) bond motifs is 1. The number of phenolic OH excluding ortho intramolecular Hbond substituents is 1. The number of hydrogen-bond donors (Lipinski definition) is 3. The van der Waals surface area contributed by atoms with Crippen LogP contribution in [0.5, 0.6) is 5.75 Å². The molecule has 0 aliphatic heterocycles. The average Bonchev–Trinajstić information content (AvgIpc) is 3.20. The molecule has 4 rings (SSSR count). The van der Waals surface area contributed by atoms with Gasteiger partial charge in [0.25, 0.3) is 0 Å². The molecule has 0 aliphatic rings. The molecule has 0 aliphatic carbocycles. The maximum atomic E-state index is 10.4. The van der Waals surface area contributed by atoms with Crippen LogP contribution in [0.1, 0.15) is 22.9 Å². The second-order valence-corrected chi connectivity index (χ2v) is 6.58. The van der Waals surface area contributed by atoms with Gasteiger partial charge >= 0.3 is 0 Å². The third-order valence-electron chi connectivity index (χ3n) is 4.07. The summed E-state index contributed by atoms with van der Waals surface area (Å²) in [5.41, 5.74) is 3.97. The van der Waals surface area contributed by atoms with Crippen molar-refractivity contribution < 1.29 is 5.11 Å². The third kappa shape index (κ3) is 2.63. The fraction of sp³-hybridized carbons (Fsp3) is 0.105. The molecule has 4 aromatic rings. The second-order valence-electron chi connectivity index (χ2n) is 5.72. The van der Waals surface area contributed by atoms with Crippen LogP contribution in [0.15, 0.2) is 60.1 Å². The van der Waals surface area contributed by atoms with E-state index in [0.717, 1.165) is 32.9 Å². The van der Waals surface area contributed by atoms with Gasteiger partial charge in [0.2, 0.25) is 0 Å². The zero-order valence-electron chi connectivity index (χ0n) is 13.2. The van der Waals surface area contributed by atoms with Crippen molar-refractivity contribution in [2.24, 2.45) is 0 Å². The number of aryl methyl sites for hydroxylation is 1. The highest BCUT2D eigenvalue weighted by Crippen LogP contribution is 2.36. The van der Waals surface area contributed by atoms with Crippen LogP contribution >= 0.6 is 11.3 Å². The minimum Gasteiger partial charge on any atom is -0.508 e. The van der Waals surface area contributed by atoms with Crippen LogP contribution < -0.4 is 5.32 Å². The highest BCUT2D eigenvalue weighted by Gasteiger charge is 2.21. The minimum atomic E-state index is -0.187. The lowest BCUT2D eigenvalue weighted by molar-refractivity contribution is 0.466. The van der Waals surface area contributed by atoms with Crippen LogP contribution in [0.4, 0.5) is 5.13 Å². The predicted octanol–water partition coefficient (Wildman–Crippen LogP) is 4.84. The quantitative estimate of drug-likeness (QED) is 0.500. The molecule has 24 heavy (non-hydrogen) atoms. The summed E-state index contributed by atoms with van der Waals surface area (Å²) in [5.74, 6) is 0.272. The standard InChI is InChI=1S/C19H17N3OS/c1-12-11-24-19(21-12)22-18(14-7-3-5-9-17(14)23)15-10-20-16-8-4-2-6-13(15)16/h2-11,18,20,23H,1H3,(H,21,22). The summed E-state index contributed by atoms with van der Waals surface area (Å²) in [7, 11) is 0. The number of phenols is 1. The van der Waals surface area contributed by atoms with Crippen molar-refractivity contribution in [1.82, 2.24) is 9.97 Å². The largest absolute Gasteiger partial charge is 0.508 e. The Kier molecular flexibility index (Phi) is 3.70. The molecule has 0 saturated heterocycles. The van der Waals surface area contributed by atoms with E-state index in [2.05, 4.69) is 21.4 Å². The zero-order chi connectivity index (χ0) is 16.5. The van der Waals surface area contributed by atoms with E-state index in [1.807, 2.05) is 54.9 Å². The van der Waals surface area contributed by atoms with Gasteiger partial charge in [0.15, 0.2) is 5.13 Å². The molecule has 1 atom stereocenters. The Morgan fingerprint density at radius 3 is 2.67 bits per heavy atom. The lowest BCUT2D eigenvalue weighted by atomic mass is 9.97. The Hall–Kier alpha value is -2.79. The molecule has 0 bridgehead atoms. The van der Waals surface area contributed by atoms with E-state index in [9.17, 15) is 5.11 Å². The smallest absolute Gasteiger partial charge is 0.183 e. The monoisotopic (exact) mass is 335 g/mol. The van der Waals surface area contributed by atoms with Crippen LogP contribution in [0, 0.1) is 6.92 Å². The van der Waals surface area contributed by atoms with Crippen LogP contribution in [0.3, 0.4) is 0 Å². The molecule has 1 unspecified atom stereocenters. The molecule has 3 N–H and O–H groups in total. The first-order valence-corrected chi connectivity index (χ1v) is 8.63. The van der Waals surface area contributed by atoms with Gasteiger partial charge in [0.1, 0.15) is 5.75 Å². The number of para-hydroxylation sites is 2. The lowest BCUT2D eigenvalue weighted by Crippen LogP contribution is -2.12. The molecule has 2 aromatic heterocycles. The molecule has 0 fully saturated rings. The van der Waals surface area contributed by atoms with E-state index >= 15 is 0 Å². The maximum absolute atomic E-state index is 10.4. The van der Waals surface area contributed by atoms with Gasteiger partial charge in [-0.25, -0.2) is 4.98 Å². The van der Waals surface area contributed by atoms with Gasteiger partial charge in [0.05, 0.1) is 11.7 Å². The summed E-state index contributed by atoms with van der Waals surface area (Å²) in [6.07, 6.45) is 2.00. The van der Waals surface area contributed by atoms with E-state index in [1.54, 1.807) is 17.4 Å². The number of aromatic hydroxyl groups is 1. The first-order valence-electron chi connectivity index (χ1n) is 7.75. The summed E-state index contributed by atoms with van der Waals surface area (Å²) in [5, 5.41) is 17.8. The lowest BCUT2D eigenvalue weighted by Gasteiger charge is -2.19. The van der Waals surface area contributed by atoms with Crippen molar-refractivity contribution >= 4 is 27.4 Å². The number of benzene rings is 2. The molecule has 2 aromatic carbocycles. The topological polar surface area (TPSA) is 60.9 Å². The van der Waals surface area contributed by atoms with Gasteiger partial charge < -0.3 is 15.4 Å². The van der Waals surface area contributed by atoms with Crippen LogP contribution in [0.2, 0.25) is 0 Å². The third-order valence-corrected chi connectivity index (χ3v) is 4.96. The van der Waals surface area contributed by atoms with Crippen molar-refractivity contribution in [2.45, 2.75) is 13.0 Å². The van der Waals surface area contributed by atoms with E-state index in [4.69, 9.17) is 0 Å². The number of nitrogens with zero attached hydrogens (tertiary/aromatic N) is 1. The number of thiazole rings is 1. The van der Waals surface area contributed by atoms with E-state index in [1.165, 1.54) is 0 Å². The van der Waals surface area contributed by atoms with Gasteiger partial charge in [-0.3, -0.25) is 0 Å². The van der Waals surface area contributed by atoms with Gasteiger partial charge in [-0.1, -0.05) is 36.4 Å². The zero-order valence-corrected chi connectivity index (χ0v) is 14.0. The number of nitrogens with one attached hydrogen (secondary N) is 2. The Labute approximate surface area is 143 Å². The number of aromatic nitrogens is 2. The van der Waals surface area contributed by atoms with Crippen molar-refractivity contribution in [1.29, 1.82) is 0 Å². The SMILES string of the molecule is Cc1csc(NC(c2ccccc2O)c2c[nH]c3ccccc23)n1. The molecular formula is C19H17N3OS. The van der Waals surface area contributed by atoms with Crippen LogP contribution in [-0.4, -0.2) is 15.1 Å². The Balaban J connectivity index is 1.85. The number of hydrogen-bond acceptors (Lipinski definition) is 4. The molecule has 120 valence electrons.